The van der Waals surface area contributed by atoms with E-state index < -0.39 is 18.2 Å². The molecule has 1 N–H and O–H groups in total. The molecule has 1 aliphatic rings. The molecule has 14 heavy (non-hydrogen) atoms. The van der Waals surface area contributed by atoms with Crippen molar-refractivity contribution in [3.05, 3.63) is 34.9 Å². The molecule has 0 bridgehead atoms. The SMILES string of the molecule is OCc1c(F)cc(CC2CC2)cc1F. The molecular formula is C11H12F2O. The Labute approximate surface area is 81.4 Å². The molecule has 1 nitrogen and oxygen atoms in total. The van der Waals surface area contributed by atoms with Gasteiger partial charge >= 0.3 is 0 Å². The fourth-order valence-corrected chi connectivity index (χ4v) is 1.58. The average molecular weight is 198 g/mol. The Morgan fingerprint density at radius 2 is 1.79 bits per heavy atom. The standard InChI is InChI=1S/C11H12F2O/c12-10-4-8(3-7-1-2-7)5-11(13)9(10)6-14/h4-5,7,14H,1-3,6H2. The third-order valence-corrected chi connectivity index (χ3v) is 2.58. The van der Waals surface area contributed by atoms with Crippen LogP contribution in [0.2, 0.25) is 0 Å². The highest BCUT2D eigenvalue weighted by molar-refractivity contribution is 5.26. The van der Waals surface area contributed by atoms with E-state index in [0.717, 1.165) is 19.3 Å². The van der Waals surface area contributed by atoms with Crippen LogP contribution in [0.25, 0.3) is 0 Å². The molecule has 76 valence electrons. The molecule has 0 amide bonds. The lowest BCUT2D eigenvalue weighted by Crippen LogP contribution is -1.98. The fourth-order valence-electron chi connectivity index (χ4n) is 1.58. The Morgan fingerprint density at radius 3 is 2.21 bits per heavy atom. The van der Waals surface area contributed by atoms with E-state index >= 15 is 0 Å². The normalized spacial score (nSPS) is 15.9. The van der Waals surface area contributed by atoms with Crippen LogP contribution in [0, 0.1) is 17.6 Å². The zero-order valence-electron chi connectivity index (χ0n) is 7.76. The number of hydrogen-bond acceptors (Lipinski definition) is 1. The Bertz CT molecular complexity index is 322. The van der Waals surface area contributed by atoms with Gasteiger partial charge in [0.15, 0.2) is 0 Å². The van der Waals surface area contributed by atoms with Crippen molar-refractivity contribution in [2.24, 2.45) is 5.92 Å². The third-order valence-electron chi connectivity index (χ3n) is 2.58. The third kappa shape index (κ3) is 1.93. The zero-order chi connectivity index (χ0) is 10.1. The Hall–Kier alpha value is -0.960. The molecule has 0 aliphatic heterocycles. The number of halogens is 2. The van der Waals surface area contributed by atoms with Crippen LogP contribution >= 0.6 is 0 Å². The second kappa shape index (κ2) is 3.65. The summed E-state index contributed by atoms with van der Waals surface area (Å²) in [5.41, 5.74) is 0.462. The summed E-state index contributed by atoms with van der Waals surface area (Å²) < 4.78 is 26.4. The predicted octanol–water partition coefficient (Wildman–Crippen LogP) is 2.41. The van der Waals surface area contributed by atoms with Crippen molar-refractivity contribution in [1.29, 1.82) is 0 Å². The largest absolute Gasteiger partial charge is 0.391 e. The maximum Gasteiger partial charge on any atom is 0.131 e. The summed E-state index contributed by atoms with van der Waals surface area (Å²) in [5.74, 6) is -0.667. The molecule has 1 aliphatic carbocycles. The van der Waals surface area contributed by atoms with Gasteiger partial charge in [0.2, 0.25) is 0 Å². The van der Waals surface area contributed by atoms with Gasteiger partial charge in [0.1, 0.15) is 11.6 Å². The number of rotatable bonds is 3. The first-order valence-electron chi connectivity index (χ1n) is 4.78. The quantitative estimate of drug-likeness (QED) is 0.790. The van der Waals surface area contributed by atoms with Crippen LogP contribution in [0.5, 0.6) is 0 Å². The highest BCUT2D eigenvalue weighted by Crippen LogP contribution is 2.33. The molecule has 0 spiro atoms. The van der Waals surface area contributed by atoms with Gasteiger partial charge in [0.05, 0.1) is 6.61 Å². The second-order valence-electron chi connectivity index (χ2n) is 3.84. The summed E-state index contributed by atoms with van der Waals surface area (Å²) in [7, 11) is 0. The van der Waals surface area contributed by atoms with Crippen molar-refractivity contribution >= 4 is 0 Å². The minimum atomic E-state index is -0.636. The van der Waals surface area contributed by atoms with Crippen LogP contribution in [0.4, 0.5) is 8.78 Å². The fraction of sp³-hybridized carbons (Fsp3) is 0.455. The average Bonchev–Trinajstić information content (AvgIpc) is 2.87. The maximum atomic E-state index is 13.2. The van der Waals surface area contributed by atoms with Gasteiger partial charge in [-0.25, -0.2) is 8.78 Å². The molecule has 0 unspecified atom stereocenters. The number of aliphatic hydroxyl groups excluding tert-OH is 1. The molecule has 0 heterocycles. The second-order valence-corrected chi connectivity index (χ2v) is 3.84. The van der Waals surface area contributed by atoms with Crippen LogP contribution in [-0.2, 0) is 13.0 Å². The van der Waals surface area contributed by atoms with Crippen LogP contribution in [0.1, 0.15) is 24.0 Å². The van der Waals surface area contributed by atoms with E-state index in [9.17, 15) is 8.78 Å². The minimum absolute atomic E-state index is 0.232. The molecule has 2 rings (SSSR count). The molecule has 3 heteroatoms. The van der Waals surface area contributed by atoms with Crippen molar-refractivity contribution in [3.63, 3.8) is 0 Å². The van der Waals surface area contributed by atoms with Crippen LogP contribution in [-0.4, -0.2) is 5.11 Å². The summed E-state index contributed by atoms with van der Waals surface area (Å²) in [4.78, 5) is 0. The van der Waals surface area contributed by atoms with Crippen LogP contribution in [0.3, 0.4) is 0 Å². The Balaban J connectivity index is 2.25. The van der Waals surface area contributed by atoms with E-state index in [4.69, 9.17) is 5.11 Å². The lowest BCUT2D eigenvalue weighted by atomic mass is 10.1. The first-order valence-corrected chi connectivity index (χ1v) is 4.78. The molecule has 1 fully saturated rings. The Kier molecular flexibility index (Phi) is 2.50. The van der Waals surface area contributed by atoms with Crippen molar-refractivity contribution < 1.29 is 13.9 Å². The lowest BCUT2D eigenvalue weighted by molar-refractivity contribution is 0.268. The van der Waals surface area contributed by atoms with Gasteiger partial charge in [-0.1, -0.05) is 0 Å². The topological polar surface area (TPSA) is 20.2 Å². The first kappa shape index (κ1) is 9.59. The van der Waals surface area contributed by atoms with Gasteiger partial charge in [-0.05, 0) is 42.9 Å². The summed E-state index contributed by atoms with van der Waals surface area (Å²) in [5, 5.41) is 8.70. The smallest absolute Gasteiger partial charge is 0.131 e. The lowest BCUT2D eigenvalue weighted by Gasteiger charge is -2.05. The highest BCUT2D eigenvalue weighted by Gasteiger charge is 2.22. The van der Waals surface area contributed by atoms with E-state index in [1.807, 2.05) is 0 Å². The molecule has 0 aromatic heterocycles. The molecule has 0 atom stereocenters. The van der Waals surface area contributed by atoms with Crippen LogP contribution in [0.15, 0.2) is 12.1 Å². The molecular weight excluding hydrogens is 186 g/mol. The van der Waals surface area contributed by atoms with Crippen molar-refractivity contribution in [3.8, 4) is 0 Å². The van der Waals surface area contributed by atoms with E-state index in [1.54, 1.807) is 0 Å². The van der Waals surface area contributed by atoms with Gasteiger partial charge in [-0.15, -0.1) is 0 Å². The van der Waals surface area contributed by atoms with E-state index in [0.29, 0.717) is 11.5 Å². The predicted molar refractivity (Wildman–Crippen MR) is 48.7 cm³/mol. The first-order chi connectivity index (χ1) is 6.70. The minimum Gasteiger partial charge on any atom is -0.391 e. The summed E-state index contributed by atoms with van der Waals surface area (Å²) in [6.07, 6.45) is 3.07. The van der Waals surface area contributed by atoms with Gasteiger partial charge in [0.25, 0.3) is 0 Å². The van der Waals surface area contributed by atoms with E-state index in [1.165, 1.54) is 12.1 Å². The highest BCUT2D eigenvalue weighted by atomic mass is 19.1. The Morgan fingerprint density at radius 1 is 1.21 bits per heavy atom. The van der Waals surface area contributed by atoms with Crippen LogP contribution < -0.4 is 0 Å². The maximum absolute atomic E-state index is 13.2. The summed E-state index contributed by atoms with van der Waals surface area (Å²) >= 11 is 0. The number of hydrogen-bond donors (Lipinski definition) is 1. The molecule has 0 saturated heterocycles. The summed E-state index contributed by atoms with van der Waals surface area (Å²) in [6.45, 7) is -0.582. The molecule has 1 aromatic carbocycles. The van der Waals surface area contributed by atoms with Gasteiger partial charge in [-0.2, -0.15) is 0 Å². The van der Waals surface area contributed by atoms with E-state index in [-0.39, 0.29) is 5.56 Å². The van der Waals surface area contributed by atoms with Gasteiger partial charge in [-0.3, -0.25) is 0 Å². The monoisotopic (exact) mass is 198 g/mol. The molecule has 1 aromatic rings. The van der Waals surface area contributed by atoms with Crippen molar-refractivity contribution in [1.82, 2.24) is 0 Å². The van der Waals surface area contributed by atoms with E-state index in [2.05, 4.69) is 0 Å². The van der Waals surface area contributed by atoms with Crippen molar-refractivity contribution in [2.45, 2.75) is 25.9 Å². The van der Waals surface area contributed by atoms with Gasteiger partial charge in [0, 0.05) is 5.56 Å². The number of benzene rings is 1. The zero-order valence-corrected chi connectivity index (χ0v) is 7.76. The van der Waals surface area contributed by atoms with Gasteiger partial charge < -0.3 is 5.11 Å². The van der Waals surface area contributed by atoms with Crippen molar-refractivity contribution in [2.75, 3.05) is 0 Å². The summed E-state index contributed by atoms with van der Waals surface area (Å²) in [6, 6.07) is 2.65. The molecule has 0 radical (unpaired) electrons. The number of aliphatic hydroxyl groups is 1. The molecule has 1 saturated carbocycles.